The summed E-state index contributed by atoms with van der Waals surface area (Å²) in [5, 5.41) is 5.94. The second kappa shape index (κ2) is 18.0. The second-order valence-corrected chi connectivity index (χ2v) is 12.4. The van der Waals surface area contributed by atoms with Crippen LogP contribution in [0, 0.1) is 23.7 Å². The molecule has 0 aromatic carbocycles. The Labute approximate surface area is 159 Å². The molecule has 0 radical (unpaired) electrons. The molecule has 0 aliphatic rings. The first kappa shape index (κ1) is 29.0. The fraction of sp³-hybridized carbons (Fsp3) is 1.00. The molecule has 0 atom stereocenters. The Morgan fingerprint density at radius 2 is 0.783 bits per heavy atom. The van der Waals surface area contributed by atoms with Crippen LogP contribution in [0.2, 0.25) is 21.1 Å². The summed E-state index contributed by atoms with van der Waals surface area (Å²) in [7, 11) is -4.14. The van der Waals surface area contributed by atoms with Crippen LogP contribution in [0.15, 0.2) is 0 Å². The summed E-state index contributed by atoms with van der Waals surface area (Å²) in [6.45, 7) is 19.1. The zero-order valence-corrected chi connectivity index (χ0v) is 20.2. The van der Waals surface area contributed by atoms with Crippen molar-refractivity contribution in [3.05, 3.63) is 0 Å². The zero-order chi connectivity index (χ0) is 19.1. The molecule has 0 rings (SSSR count). The third kappa shape index (κ3) is 59.8. The van der Waals surface area contributed by atoms with Crippen molar-refractivity contribution < 1.29 is 14.4 Å². The SMILES string of the molecule is CC(C)[CH2][Al+][CH2]C(C)C.CC(C)[CH2][Al+][CH2]C(C)C.CP(=O)([O-])[O-]. The van der Waals surface area contributed by atoms with Gasteiger partial charge in [-0.1, -0.05) is 7.60 Å². The molecule has 0 heterocycles. The Hall–Kier alpha value is 1.21. The largest absolute Gasteiger partial charge is 0.811 e. The Kier molecular flexibility index (Phi) is 22.7. The summed E-state index contributed by atoms with van der Waals surface area (Å²) in [4.78, 5) is 18.2. The van der Waals surface area contributed by atoms with Crippen LogP contribution >= 0.6 is 7.60 Å². The molecule has 0 unspecified atom stereocenters. The van der Waals surface area contributed by atoms with Gasteiger partial charge in [0, 0.05) is 0 Å². The third-order valence-electron chi connectivity index (χ3n) is 2.55. The van der Waals surface area contributed by atoms with Crippen LogP contribution in [0.1, 0.15) is 55.4 Å². The molecule has 0 bridgehead atoms. The van der Waals surface area contributed by atoms with E-state index in [1.54, 1.807) is 0 Å². The number of rotatable bonds is 8. The van der Waals surface area contributed by atoms with E-state index in [9.17, 15) is 0 Å². The van der Waals surface area contributed by atoms with Crippen LogP contribution in [0.4, 0.5) is 0 Å². The first-order valence-electron chi connectivity index (χ1n) is 8.88. The van der Waals surface area contributed by atoms with E-state index in [4.69, 9.17) is 14.4 Å². The maximum atomic E-state index is 9.10. The quantitative estimate of drug-likeness (QED) is 0.471. The summed E-state index contributed by atoms with van der Waals surface area (Å²) < 4.78 is 9.10. The molecule has 0 fully saturated rings. The van der Waals surface area contributed by atoms with Crippen LogP contribution < -0.4 is 9.79 Å². The molecule has 0 aliphatic carbocycles. The molecule has 0 spiro atoms. The predicted octanol–water partition coefficient (Wildman–Crippen LogP) is 4.21. The van der Waals surface area contributed by atoms with Crippen molar-refractivity contribution >= 4 is 38.0 Å². The molecule has 0 aliphatic heterocycles. The smallest absolute Gasteiger partial charge is 0.0369 e. The van der Waals surface area contributed by atoms with Gasteiger partial charge in [-0.15, -0.1) is 0 Å². The molecule has 23 heavy (non-hydrogen) atoms. The van der Waals surface area contributed by atoms with Crippen LogP contribution in [-0.4, -0.2) is 37.1 Å². The normalized spacial score (nSPS) is 10.7. The van der Waals surface area contributed by atoms with Gasteiger partial charge in [-0.25, -0.2) is 0 Å². The molecular formula is C17H39Al2O3P. The molecule has 0 aromatic rings. The molecule has 136 valence electrons. The predicted molar refractivity (Wildman–Crippen MR) is 104 cm³/mol. The fourth-order valence-electron chi connectivity index (χ4n) is 1.53. The van der Waals surface area contributed by atoms with Gasteiger partial charge >= 0.3 is 131 Å². The van der Waals surface area contributed by atoms with Crippen LogP contribution in [0.25, 0.3) is 0 Å². The van der Waals surface area contributed by atoms with Crippen molar-refractivity contribution in [1.82, 2.24) is 0 Å². The minimum absolute atomic E-state index is 0.632. The van der Waals surface area contributed by atoms with Gasteiger partial charge in [0.1, 0.15) is 0 Å². The number of hydrogen-bond acceptors (Lipinski definition) is 3. The standard InChI is InChI=1S/4C4H9.CH5O3P.2Al/c4*1-4(2)3;1-5(2,3)4;;/h4*4H,1H2,2-3H3;1H3,(H2,2,3,4);;/q;;;;;2*+1/p-2. The van der Waals surface area contributed by atoms with Crippen molar-refractivity contribution in [1.29, 1.82) is 0 Å². The van der Waals surface area contributed by atoms with Crippen LogP contribution in [-0.2, 0) is 4.57 Å². The van der Waals surface area contributed by atoms with E-state index < -0.39 is 7.60 Å². The summed E-state index contributed by atoms with van der Waals surface area (Å²) in [6.07, 6.45) is 0. The minimum atomic E-state index is -4.14. The van der Waals surface area contributed by atoms with E-state index in [1.807, 2.05) is 0 Å². The maximum absolute atomic E-state index is 9.10. The monoisotopic (exact) mass is 376 g/mol. The van der Waals surface area contributed by atoms with E-state index in [-0.39, 0.29) is 0 Å². The Morgan fingerprint density at radius 1 is 0.652 bits per heavy atom. The van der Waals surface area contributed by atoms with E-state index in [0.717, 1.165) is 54.1 Å². The van der Waals surface area contributed by atoms with Crippen molar-refractivity contribution in [2.24, 2.45) is 23.7 Å². The molecule has 0 N–H and O–H groups in total. The average Bonchev–Trinajstić information content (AvgIpc) is 2.25. The molecular weight excluding hydrogens is 337 g/mol. The van der Waals surface area contributed by atoms with Gasteiger partial charge in [-0.2, -0.15) is 0 Å². The van der Waals surface area contributed by atoms with Crippen LogP contribution in [0.5, 0.6) is 0 Å². The van der Waals surface area contributed by atoms with Crippen molar-refractivity contribution in [2.45, 2.75) is 76.5 Å². The Balaban J connectivity index is -0.000000273. The van der Waals surface area contributed by atoms with Crippen molar-refractivity contribution in [3.63, 3.8) is 0 Å². The second-order valence-electron chi connectivity index (χ2n) is 7.87. The van der Waals surface area contributed by atoms with E-state index in [0.29, 0.717) is 6.66 Å². The van der Waals surface area contributed by atoms with Crippen molar-refractivity contribution in [2.75, 3.05) is 6.66 Å². The number of hydrogen-bond donors (Lipinski definition) is 0. The van der Waals surface area contributed by atoms with Gasteiger partial charge in [0.2, 0.25) is 0 Å². The summed E-state index contributed by atoms with van der Waals surface area (Å²) in [6, 6.07) is 0. The zero-order valence-electron chi connectivity index (χ0n) is 17.0. The third-order valence-corrected chi connectivity index (χ3v) is 7.66. The maximum Gasteiger partial charge on any atom is -0.0369 e. The summed E-state index contributed by atoms with van der Waals surface area (Å²) in [5.74, 6) is 3.72. The summed E-state index contributed by atoms with van der Waals surface area (Å²) in [5.41, 5.74) is 0. The van der Waals surface area contributed by atoms with Gasteiger partial charge in [-0.05, 0) is 6.66 Å². The molecule has 3 nitrogen and oxygen atoms in total. The van der Waals surface area contributed by atoms with E-state index in [2.05, 4.69) is 55.4 Å². The molecule has 0 saturated carbocycles. The van der Waals surface area contributed by atoms with E-state index in [1.165, 1.54) is 21.1 Å². The average molecular weight is 376 g/mol. The van der Waals surface area contributed by atoms with Gasteiger partial charge in [0.25, 0.3) is 0 Å². The molecule has 0 aromatic heterocycles. The van der Waals surface area contributed by atoms with Crippen LogP contribution in [0.3, 0.4) is 0 Å². The van der Waals surface area contributed by atoms with Gasteiger partial charge < -0.3 is 14.4 Å². The molecule has 6 heteroatoms. The Bertz CT molecular complexity index is 235. The first-order chi connectivity index (χ1) is 10.3. The minimum Gasteiger partial charge on any atom is -0.811 e. The van der Waals surface area contributed by atoms with Crippen molar-refractivity contribution in [3.8, 4) is 0 Å². The van der Waals surface area contributed by atoms with Gasteiger partial charge in [0.15, 0.2) is 0 Å². The Morgan fingerprint density at radius 3 is 0.870 bits per heavy atom. The fourth-order valence-corrected chi connectivity index (χ4v) is 4.58. The topological polar surface area (TPSA) is 63.2 Å². The van der Waals surface area contributed by atoms with Gasteiger partial charge in [0.05, 0.1) is 0 Å². The summed E-state index contributed by atoms with van der Waals surface area (Å²) >= 11 is 1.51. The molecule has 0 amide bonds. The first-order valence-corrected chi connectivity index (χ1v) is 14.1. The van der Waals surface area contributed by atoms with Gasteiger partial charge in [-0.3, -0.25) is 0 Å². The van der Waals surface area contributed by atoms with E-state index >= 15 is 0 Å². The molecule has 0 saturated heterocycles.